The minimum atomic E-state index is -0.608. The molecule has 0 saturated heterocycles. The van der Waals surface area contributed by atoms with Gasteiger partial charge in [-0.15, -0.1) is 0 Å². The van der Waals surface area contributed by atoms with E-state index in [2.05, 4.69) is 11.8 Å². The number of benzene rings is 1. The van der Waals surface area contributed by atoms with Crippen molar-refractivity contribution in [3.63, 3.8) is 0 Å². The molecule has 4 N–H and O–H groups in total. The molecule has 6 nitrogen and oxygen atoms in total. The first kappa shape index (κ1) is 11.5. The number of nitrogen functional groups attached to an aromatic ring is 1. The fraction of sp³-hybridized carbons (Fsp3) is 0.100. The van der Waals surface area contributed by atoms with Gasteiger partial charge in [-0.05, 0) is 12.1 Å². The Morgan fingerprint density at radius 2 is 2.19 bits per heavy atom. The Balaban J connectivity index is 3.12. The number of rotatable bonds is 2. The summed E-state index contributed by atoms with van der Waals surface area (Å²) in [6, 6.07) is 4.43. The van der Waals surface area contributed by atoms with Crippen LogP contribution in [0.1, 0.15) is 12.0 Å². The van der Waals surface area contributed by atoms with Crippen LogP contribution >= 0.6 is 0 Å². The van der Waals surface area contributed by atoms with Crippen LogP contribution in [-0.2, 0) is 4.79 Å². The van der Waals surface area contributed by atoms with E-state index in [1.54, 1.807) is 6.07 Å². The second-order valence-corrected chi connectivity index (χ2v) is 2.95. The van der Waals surface area contributed by atoms with Crippen LogP contribution in [0.25, 0.3) is 0 Å². The molecular formula is C10H9N3O3. The molecule has 1 aromatic rings. The summed E-state index contributed by atoms with van der Waals surface area (Å²) in [7, 11) is 0. The Kier molecular flexibility index (Phi) is 3.45. The summed E-state index contributed by atoms with van der Waals surface area (Å²) in [5.74, 6) is 4.35. The average Bonchev–Trinajstić information content (AvgIpc) is 2.16. The number of primary amides is 1. The summed E-state index contributed by atoms with van der Waals surface area (Å²) in [5.41, 5.74) is 10.3. The molecule has 1 rings (SSSR count). The van der Waals surface area contributed by atoms with Crippen LogP contribution in [0.2, 0.25) is 0 Å². The number of carbonyl (C=O) groups is 1. The lowest BCUT2D eigenvalue weighted by atomic mass is 10.1. The molecule has 0 spiro atoms. The van der Waals surface area contributed by atoms with E-state index in [-0.39, 0.29) is 23.4 Å². The van der Waals surface area contributed by atoms with E-state index in [9.17, 15) is 14.9 Å². The van der Waals surface area contributed by atoms with Gasteiger partial charge in [-0.25, -0.2) is 0 Å². The Morgan fingerprint density at radius 3 is 2.75 bits per heavy atom. The number of anilines is 1. The van der Waals surface area contributed by atoms with Crippen molar-refractivity contribution in [1.82, 2.24) is 0 Å². The van der Waals surface area contributed by atoms with Crippen molar-refractivity contribution in [3.8, 4) is 11.8 Å². The van der Waals surface area contributed by atoms with E-state index < -0.39 is 10.8 Å². The Morgan fingerprint density at radius 1 is 1.50 bits per heavy atom. The number of carbonyl (C=O) groups excluding carboxylic acids is 1. The minimum absolute atomic E-state index is 0.0378. The van der Waals surface area contributed by atoms with Gasteiger partial charge in [-0.2, -0.15) is 0 Å². The first-order valence-corrected chi connectivity index (χ1v) is 4.32. The summed E-state index contributed by atoms with van der Waals surface area (Å²) in [4.78, 5) is 20.5. The van der Waals surface area contributed by atoms with Crippen LogP contribution < -0.4 is 11.5 Å². The SMILES string of the molecule is NC(=O)CC#Cc1cccc(N)c1[N+](=O)[O-]. The van der Waals surface area contributed by atoms with Crippen LogP contribution in [0, 0.1) is 22.0 Å². The lowest BCUT2D eigenvalue weighted by molar-refractivity contribution is -0.384. The van der Waals surface area contributed by atoms with Gasteiger partial charge in [-0.3, -0.25) is 14.9 Å². The molecule has 0 heterocycles. The lowest BCUT2D eigenvalue weighted by Gasteiger charge is -1.98. The minimum Gasteiger partial charge on any atom is -0.393 e. The molecule has 0 aliphatic carbocycles. The van der Waals surface area contributed by atoms with Crippen molar-refractivity contribution in [3.05, 3.63) is 33.9 Å². The highest BCUT2D eigenvalue weighted by Gasteiger charge is 2.15. The quantitative estimate of drug-likeness (QED) is 0.324. The van der Waals surface area contributed by atoms with E-state index in [1.165, 1.54) is 12.1 Å². The number of hydrogen-bond acceptors (Lipinski definition) is 4. The molecule has 16 heavy (non-hydrogen) atoms. The normalized spacial score (nSPS) is 9.00. The zero-order chi connectivity index (χ0) is 12.1. The predicted molar refractivity (Wildman–Crippen MR) is 58.2 cm³/mol. The summed E-state index contributed by atoms with van der Waals surface area (Å²) in [5, 5.41) is 10.7. The number of nitrogens with two attached hydrogens (primary N) is 2. The van der Waals surface area contributed by atoms with Gasteiger partial charge >= 0.3 is 5.69 Å². The highest BCUT2D eigenvalue weighted by Crippen LogP contribution is 2.24. The molecule has 0 bridgehead atoms. The number of hydrogen-bond donors (Lipinski definition) is 2. The zero-order valence-corrected chi connectivity index (χ0v) is 8.27. The summed E-state index contributed by atoms with van der Waals surface area (Å²) in [6.07, 6.45) is -0.147. The van der Waals surface area contributed by atoms with Gasteiger partial charge in [0.25, 0.3) is 0 Å². The fourth-order valence-corrected chi connectivity index (χ4v) is 1.09. The largest absolute Gasteiger partial charge is 0.393 e. The molecule has 0 saturated carbocycles. The maximum atomic E-state index is 10.7. The van der Waals surface area contributed by atoms with Crippen molar-refractivity contribution in [2.24, 2.45) is 5.73 Å². The molecule has 0 aliphatic heterocycles. The second-order valence-electron chi connectivity index (χ2n) is 2.95. The van der Waals surface area contributed by atoms with Crippen molar-refractivity contribution in [1.29, 1.82) is 0 Å². The van der Waals surface area contributed by atoms with Crippen LogP contribution in [0.15, 0.2) is 18.2 Å². The smallest absolute Gasteiger partial charge is 0.307 e. The van der Waals surface area contributed by atoms with Gasteiger partial charge in [0.2, 0.25) is 5.91 Å². The Bertz CT molecular complexity index is 500. The summed E-state index contributed by atoms with van der Waals surface area (Å²) >= 11 is 0. The van der Waals surface area contributed by atoms with E-state index in [0.717, 1.165) is 0 Å². The molecule has 1 amide bonds. The summed E-state index contributed by atoms with van der Waals surface area (Å²) < 4.78 is 0. The topological polar surface area (TPSA) is 112 Å². The maximum Gasteiger partial charge on any atom is 0.307 e. The Hall–Kier alpha value is -2.55. The highest BCUT2D eigenvalue weighted by atomic mass is 16.6. The molecule has 0 radical (unpaired) electrons. The lowest BCUT2D eigenvalue weighted by Crippen LogP contribution is -2.08. The fourth-order valence-electron chi connectivity index (χ4n) is 1.09. The van der Waals surface area contributed by atoms with Crippen molar-refractivity contribution in [2.45, 2.75) is 6.42 Å². The molecule has 0 fully saturated rings. The highest BCUT2D eigenvalue weighted by molar-refractivity contribution is 5.77. The number of amides is 1. The molecular weight excluding hydrogens is 210 g/mol. The molecule has 6 heteroatoms. The number of nitro benzene ring substituents is 1. The van der Waals surface area contributed by atoms with Gasteiger partial charge in [0.1, 0.15) is 11.3 Å². The molecule has 0 unspecified atom stereocenters. The van der Waals surface area contributed by atoms with Crippen LogP contribution in [-0.4, -0.2) is 10.8 Å². The first-order valence-electron chi connectivity index (χ1n) is 4.32. The predicted octanol–water partition coefficient (Wildman–Crippen LogP) is 0.404. The van der Waals surface area contributed by atoms with Crippen LogP contribution in [0.4, 0.5) is 11.4 Å². The van der Waals surface area contributed by atoms with Crippen molar-refractivity contribution >= 4 is 17.3 Å². The molecule has 0 aliphatic rings. The van der Waals surface area contributed by atoms with Gasteiger partial charge in [0, 0.05) is 0 Å². The third-order valence-corrected chi connectivity index (χ3v) is 1.74. The van der Waals surface area contributed by atoms with E-state index >= 15 is 0 Å². The van der Waals surface area contributed by atoms with Crippen LogP contribution in [0.5, 0.6) is 0 Å². The molecule has 0 aromatic heterocycles. The van der Waals surface area contributed by atoms with E-state index in [1.807, 2.05) is 0 Å². The maximum absolute atomic E-state index is 10.7. The number of nitro groups is 1. The first-order chi connectivity index (χ1) is 7.52. The molecule has 0 atom stereocenters. The third-order valence-electron chi connectivity index (χ3n) is 1.74. The van der Waals surface area contributed by atoms with Gasteiger partial charge < -0.3 is 11.5 Å². The molecule has 82 valence electrons. The van der Waals surface area contributed by atoms with E-state index in [4.69, 9.17) is 11.5 Å². The van der Waals surface area contributed by atoms with Gasteiger partial charge in [0.05, 0.1) is 11.3 Å². The standard InChI is InChI=1S/C10H9N3O3/c11-8-5-1-3-7(10(8)13(15)16)4-2-6-9(12)14/h1,3,5H,6,11H2,(H2,12,14). The average molecular weight is 219 g/mol. The number of nitrogens with zero attached hydrogens (tertiary/aromatic N) is 1. The second kappa shape index (κ2) is 4.79. The zero-order valence-electron chi connectivity index (χ0n) is 8.27. The van der Waals surface area contributed by atoms with Crippen molar-refractivity contribution in [2.75, 3.05) is 5.73 Å². The number of para-hydroxylation sites is 1. The Labute approximate surface area is 91.4 Å². The van der Waals surface area contributed by atoms with Gasteiger partial charge in [-0.1, -0.05) is 17.9 Å². The van der Waals surface area contributed by atoms with Crippen molar-refractivity contribution < 1.29 is 9.72 Å². The van der Waals surface area contributed by atoms with Crippen LogP contribution in [0.3, 0.4) is 0 Å². The monoisotopic (exact) mass is 219 g/mol. The van der Waals surface area contributed by atoms with E-state index in [0.29, 0.717) is 0 Å². The van der Waals surface area contributed by atoms with Gasteiger partial charge in [0.15, 0.2) is 0 Å². The summed E-state index contributed by atoms with van der Waals surface area (Å²) in [6.45, 7) is 0. The molecule has 1 aromatic carbocycles. The third kappa shape index (κ3) is 2.72.